The van der Waals surface area contributed by atoms with E-state index in [1.165, 1.54) is 12.8 Å². The lowest BCUT2D eigenvalue weighted by Crippen LogP contribution is -1.81. The molecule has 1 aliphatic rings. The molecule has 1 rings (SSSR count). The van der Waals surface area contributed by atoms with Crippen molar-refractivity contribution in [2.45, 2.75) is 40.5 Å². The van der Waals surface area contributed by atoms with Crippen LogP contribution in [-0.2, 0) is 0 Å². The first-order chi connectivity index (χ1) is 5.16. The van der Waals surface area contributed by atoms with Gasteiger partial charge in [-0.25, -0.2) is 0 Å². The molecule has 1 saturated carbocycles. The molecule has 0 nitrogen and oxygen atoms in total. The van der Waals surface area contributed by atoms with Gasteiger partial charge in [0.1, 0.15) is 0 Å². The van der Waals surface area contributed by atoms with Gasteiger partial charge >= 0.3 is 0 Å². The third-order valence-corrected chi connectivity index (χ3v) is 2.71. The maximum Gasteiger partial charge on any atom is -0.0140 e. The van der Waals surface area contributed by atoms with Crippen LogP contribution in [0.15, 0.2) is 11.6 Å². The summed E-state index contributed by atoms with van der Waals surface area (Å²) >= 11 is 0. The van der Waals surface area contributed by atoms with E-state index in [4.69, 9.17) is 0 Å². The third-order valence-electron chi connectivity index (χ3n) is 2.71. The smallest absolute Gasteiger partial charge is 0.0140 e. The van der Waals surface area contributed by atoms with Crippen LogP contribution in [0.5, 0.6) is 0 Å². The third kappa shape index (κ3) is 2.08. The molecule has 11 heavy (non-hydrogen) atoms. The van der Waals surface area contributed by atoms with E-state index in [0.717, 1.165) is 17.8 Å². The van der Waals surface area contributed by atoms with Crippen molar-refractivity contribution in [3.05, 3.63) is 11.6 Å². The van der Waals surface area contributed by atoms with Crippen molar-refractivity contribution < 1.29 is 0 Å². The summed E-state index contributed by atoms with van der Waals surface area (Å²) in [5.74, 6) is 2.67. The highest BCUT2D eigenvalue weighted by Gasteiger charge is 2.37. The van der Waals surface area contributed by atoms with Crippen LogP contribution < -0.4 is 0 Å². The Morgan fingerprint density at radius 2 is 2.09 bits per heavy atom. The Balaban J connectivity index is 2.33. The molecule has 0 spiro atoms. The van der Waals surface area contributed by atoms with Crippen molar-refractivity contribution in [3.8, 4) is 0 Å². The molecular formula is C11H20. The van der Waals surface area contributed by atoms with E-state index in [1.54, 1.807) is 5.57 Å². The first-order valence-electron chi connectivity index (χ1n) is 4.86. The standard InChI is InChI=1S/C11H20/c1-5-10-9(4)11(10)7-6-8(2)3/h7-10H,5-6H2,1-4H3. The summed E-state index contributed by atoms with van der Waals surface area (Å²) in [7, 11) is 0. The van der Waals surface area contributed by atoms with E-state index >= 15 is 0 Å². The summed E-state index contributed by atoms with van der Waals surface area (Å²) in [5, 5.41) is 0. The molecule has 1 fully saturated rings. The van der Waals surface area contributed by atoms with Gasteiger partial charge in [0.2, 0.25) is 0 Å². The zero-order valence-electron chi connectivity index (χ0n) is 8.22. The average molecular weight is 152 g/mol. The van der Waals surface area contributed by atoms with Gasteiger partial charge in [0.15, 0.2) is 0 Å². The maximum absolute atomic E-state index is 2.46. The molecule has 0 aromatic carbocycles. The zero-order chi connectivity index (χ0) is 8.43. The molecule has 0 bridgehead atoms. The lowest BCUT2D eigenvalue weighted by atomic mass is 10.1. The lowest BCUT2D eigenvalue weighted by Gasteiger charge is -1.95. The van der Waals surface area contributed by atoms with Crippen LogP contribution in [0.25, 0.3) is 0 Å². The molecule has 64 valence electrons. The van der Waals surface area contributed by atoms with Crippen LogP contribution in [-0.4, -0.2) is 0 Å². The monoisotopic (exact) mass is 152 g/mol. The van der Waals surface area contributed by atoms with E-state index in [2.05, 4.69) is 33.8 Å². The molecule has 0 aromatic rings. The largest absolute Gasteiger partial charge is 0.0845 e. The highest BCUT2D eigenvalue weighted by Crippen LogP contribution is 2.47. The Kier molecular flexibility index (Phi) is 2.75. The van der Waals surface area contributed by atoms with Crippen molar-refractivity contribution in [1.82, 2.24) is 0 Å². The summed E-state index contributed by atoms with van der Waals surface area (Å²) in [6.07, 6.45) is 5.07. The van der Waals surface area contributed by atoms with Gasteiger partial charge in [-0.2, -0.15) is 0 Å². The van der Waals surface area contributed by atoms with Crippen molar-refractivity contribution in [1.29, 1.82) is 0 Å². The van der Waals surface area contributed by atoms with Crippen molar-refractivity contribution in [3.63, 3.8) is 0 Å². The quantitative estimate of drug-likeness (QED) is 0.542. The minimum absolute atomic E-state index is 0.827. The topological polar surface area (TPSA) is 0 Å². The number of hydrogen-bond acceptors (Lipinski definition) is 0. The Morgan fingerprint density at radius 1 is 1.45 bits per heavy atom. The van der Waals surface area contributed by atoms with Crippen molar-refractivity contribution in [2.75, 3.05) is 0 Å². The SMILES string of the molecule is CCC1C(=CCC(C)C)C1C. The molecule has 0 heteroatoms. The Bertz CT molecular complexity index is 153. The summed E-state index contributed by atoms with van der Waals surface area (Å²) in [6.45, 7) is 9.20. The molecule has 2 atom stereocenters. The molecule has 0 amide bonds. The van der Waals surface area contributed by atoms with Crippen molar-refractivity contribution in [2.24, 2.45) is 17.8 Å². The summed E-state index contributed by atoms with van der Waals surface area (Å²) in [6, 6.07) is 0. The minimum Gasteiger partial charge on any atom is -0.0845 e. The minimum atomic E-state index is 0.827. The van der Waals surface area contributed by atoms with Gasteiger partial charge in [-0.1, -0.05) is 39.3 Å². The van der Waals surface area contributed by atoms with E-state index in [0.29, 0.717) is 0 Å². The van der Waals surface area contributed by atoms with E-state index in [9.17, 15) is 0 Å². The molecule has 0 aliphatic heterocycles. The van der Waals surface area contributed by atoms with Crippen LogP contribution in [0.3, 0.4) is 0 Å². The predicted octanol–water partition coefficient (Wildman–Crippen LogP) is 3.63. The number of allylic oxidation sites excluding steroid dienone is 2. The summed E-state index contributed by atoms with van der Waals surface area (Å²) < 4.78 is 0. The molecular weight excluding hydrogens is 132 g/mol. The van der Waals surface area contributed by atoms with Crippen LogP contribution in [0.4, 0.5) is 0 Å². The molecule has 0 saturated heterocycles. The van der Waals surface area contributed by atoms with E-state index in [1.807, 2.05) is 0 Å². The lowest BCUT2D eigenvalue weighted by molar-refractivity contribution is 0.661. The van der Waals surface area contributed by atoms with Gasteiger partial charge in [0.05, 0.1) is 0 Å². The zero-order valence-corrected chi connectivity index (χ0v) is 8.22. The second-order valence-corrected chi connectivity index (χ2v) is 4.14. The average Bonchev–Trinajstić information content (AvgIpc) is 2.56. The van der Waals surface area contributed by atoms with Gasteiger partial charge in [-0.3, -0.25) is 0 Å². The first kappa shape index (κ1) is 8.83. The molecule has 0 radical (unpaired) electrons. The Labute approximate surface area is 70.7 Å². The number of rotatable bonds is 3. The molecule has 1 aliphatic carbocycles. The van der Waals surface area contributed by atoms with Gasteiger partial charge in [-0.15, -0.1) is 0 Å². The summed E-state index contributed by atoms with van der Waals surface area (Å²) in [5.41, 5.74) is 1.72. The molecule has 2 unspecified atom stereocenters. The second-order valence-electron chi connectivity index (χ2n) is 4.14. The molecule has 0 heterocycles. The van der Waals surface area contributed by atoms with Gasteiger partial charge in [0.25, 0.3) is 0 Å². The normalized spacial score (nSPS) is 33.4. The fourth-order valence-corrected chi connectivity index (χ4v) is 1.79. The number of hydrogen-bond donors (Lipinski definition) is 0. The Hall–Kier alpha value is -0.260. The highest BCUT2D eigenvalue weighted by molar-refractivity contribution is 5.27. The first-order valence-corrected chi connectivity index (χ1v) is 4.86. The van der Waals surface area contributed by atoms with Crippen LogP contribution in [0.2, 0.25) is 0 Å². The van der Waals surface area contributed by atoms with Crippen LogP contribution in [0, 0.1) is 17.8 Å². The second kappa shape index (κ2) is 3.42. The van der Waals surface area contributed by atoms with Gasteiger partial charge in [0, 0.05) is 0 Å². The molecule has 0 aromatic heterocycles. The van der Waals surface area contributed by atoms with Crippen LogP contribution in [0.1, 0.15) is 40.5 Å². The van der Waals surface area contributed by atoms with E-state index < -0.39 is 0 Å². The maximum atomic E-state index is 2.46. The van der Waals surface area contributed by atoms with Crippen molar-refractivity contribution >= 4 is 0 Å². The summed E-state index contributed by atoms with van der Waals surface area (Å²) in [4.78, 5) is 0. The van der Waals surface area contributed by atoms with Gasteiger partial charge in [-0.05, 0) is 30.6 Å². The Morgan fingerprint density at radius 3 is 2.45 bits per heavy atom. The molecule has 0 N–H and O–H groups in total. The van der Waals surface area contributed by atoms with Gasteiger partial charge < -0.3 is 0 Å². The fraction of sp³-hybridized carbons (Fsp3) is 0.818. The highest BCUT2D eigenvalue weighted by atomic mass is 14.4. The predicted molar refractivity (Wildman–Crippen MR) is 50.5 cm³/mol. The van der Waals surface area contributed by atoms with E-state index in [-0.39, 0.29) is 0 Å². The van der Waals surface area contributed by atoms with Crippen LogP contribution >= 0.6 is 0 Å². The fourth-order valence-electron chi connectivity index (χ4n) is 1.79.